The molecule has 1 aromatic carbocycles. The predicted molar refractivity (Wildman–Crippen MR) is 67.5 cm³/mol. The number of piperidine rings is 1. The number of carboxylic acid groups (broad SMARTS) is 1. The zero-order chi connectivity index (χ0) is 12.4. The second kappa shape index (κ2) is 4.88. The molecule has 92 valence electrons. The van der Waals surface area contributed by atoms with Crippen LogP contribution in [0.1, 0.15) is 40.7 Å². The van der Waals surface area contributed by atoms with E-state index in [1.807, 2.05) is 19.1 Å². The molecule has 1 aliphatic heterocycles. The first-order chi connectivity index (χ1) is 8.09. The molecule has 0 aromatic heterocycles. The molecular weight excluding hydrogens is 214 g/mol. The summed E-state index contributed by atoms with van der Waals surface area (Å²) in [6.07, 6.45) is 1.09. The third-order valence-corrected chi connectivity index (χ3v) is 3.71. The van der Waals surface area contributed by atoms with Gasteiger partial charge in [-0.1, -0.05) is 19.1 Å². The van der Waals surface area contributed by atoms with Crippen LogP contribution in [0.15, 0.2) is 18.2 Å². The van der Waals surface area contributed by atoms with Crippen LogP contribution in [0, 0.1) is 12.8 Å². The number of benzene rings is 1. The van der Waals surface area contributed by atoms with Gasteiger partial charge in [-0.3, -0.25) is 0 Å². The molecule has 1 fully saturated rings. The van der Waals surface area contributed by atoms with E-state index in [2.05, 4.69) is 18.3 Å². The van der Waals surface area contributed by atoms with Crippen molar-refractivity contribution in [3.8, 4) is 0 Å². The molecule has 1 saturated heterocycles. The molecule has 0 amide bonds. The number of hydrogen-bond donors (Lipinski definition) is 2. The summed E-state index contributed by atoms with van der Waals surface area (Å²) in [4.78, 5) is 11.1. The molecule has 2 rings (SSSR count). The maximum Gasteiger partial charge on any atom is 0.335 e. The lowest BCUT2D eigenvalue weighted by atomic mass is 9.81. The summed E-state index contributed by atoms with van der Waals surface area (Å²) in [6, 6.07) is 5.85. The van der Waals surface area contributed by atoms with Crippen LogP contribution in [0.5, 0.6) is 0 Å². The highest BCUT2D eigenvalue weighted by Gasteiger charge is 2.23. The average molecular weight is 233 g/mol. The first-order valence-corrected chi connectivity index (χ1v) is 6.14. The minimum absolute atomic E-state index is 0.438. The Kier molecular flexibility index (Phi) is 3.48. The van der Waals surface area contributed by atoms with Gasteiger partial charge in [-0.2, -0.15) is 0 Å². The number of hydrogen-bond acceptors (Lipinski definition) is 2. The molecule has 17 heavy (non-hydrogen) atoms. The second-order valence-electron chi connectivity index (χ2n) is 4.96. The van der Waals surface area contributed by atoms with Crippen LogP contribution in [0.3, 0.4) is 0 Å². The monoisotopic (exact) mass is 233 g/mol. The van der Waals surface area contributed by atoms with E-state index in [0.29, 0.717) is 17.4 Å². The van der Waals surface area contributed by atoms with Crippen molar-refractivity contribution in [3.05, 3.63) is 34.9 Å². The van der Waals surface area contributed by atoms with Gasteiger partial charge in [-0.15, -0.1) is 0 Å². The van der Waals surface area contributed by atoms with Gasteiger partial charge in [0, 0.05) is 0 Å². The standard InChI is InChI=1S/C14H19NO2/c1-9-3-4-11(7-13(9)14(16)17)12-5-6-15-8-10(12)2/h3-4,7,10,12,15H,5-6,8H2,1-2H3,(H,16,17)/t10-,12-/m1/s1. The van der Waals surface area contributed by atoms with E-state index in [4.69, 9.17) is 5.11 Å². The maximum atomic E-state index is 11.1. The van der Waals surface area contributed by atoms with Gasteiger partial charge in [0.15, 0.2) is 0 Å². The predicted octanol–water partition coefficient (Wildman–Crippen LogP) is 2.41. The summed E-state index contributed by atoms with van der Waals surface area (Å²) in [5, 5.41) is 12.5. The molecule has 0 aliphatic carbocycles. The second-order valence-corrected chi connectivity index (χ2v) is 4.96. The van der Waals surface area contributed by atoms with Crippen molar-refractivity contribution in [2.75, 3.05) is 13.1 Å². The van der Waals surface area contributed by atoms with Crippen LogP contribution in [-0.2, 0) is 0 Å². The minimum Gasteiger partial charge on any atom is -0.478 e. The van der Waals surface area contributed by atoms with E-state index in [1.165, 1.54) is 5.56 Å². The van der Waals surface area contributed by atoms with Crippen LogP contribution >= 0.6 is 0 Å². The van der Waals surface area contributed by atoms with Gasteiger partial charge in [0.25, 0.3) is 0 Å². The fourth-order valence-electron chi connectivity index (χ4n) is 2.61. The van der Waals surface area contributed by atoms with Crippen molar-refractivity contribution < 1.29 is 9.90 Å². The third-order valence-electron chi connectivity index (χ3n) is 3.71. The molecule has 2 N–H and O–H groups in total. The van der Waals surface area contributed by atoms with Crippen molar-refractivity contribution in [3.63, 3.8) is 0 Å². The molecule has 0 spiro atoms. The fourth-order valence-corrected chi connectivity index (χ4v) is 2.61. The first kappa shape index (κ1) is 12.1. The summed E-state index contributed by atoms with van der Waals surface area (Å²) in [5.41, 5.74) is 2.44. The van der Waals surface area contributed by atoms with E-state index < -0.39 is 5.97 Å². The van der Waals surface area contributed by atoms with Gasteiger partial charge in [0.2, 0.25) is 0 Å². The number of carbonyl (C=O) groups is 1. The molecule has 1 heterocycles. The van der Waals surface area contributed by atoms with E-state index in [9.17, 15) is 4.79 Å². The summed E-state index contributed by atoms with van der Waals surface area (Å²) in [7, 11) is 0. The van der Waals surface area contributed by atoms with E-state index in [0.717, 1.165) is 25.1 Å². The quantitative estimate of drug-likeness (QED) is 0.824. The van der Waals surface area contributed by atoms with Crippen LogP contribution < -0.4 is 5.32 Å². The smallest absolute Gasteiger partial charge is 0.335 e. The van der Waals surface area contributed by atoms with Crippen LogP contribution in [0.4, 0.5) is 0 Å². The minimum atomic E-state index is -0.828. The lowest BCUT2D eigenvalue weighted by molar-refractivity contribution is 0.0696. The van der Waals surface area contributed by atoms with Crippen LogP contribution in [0.25, 0.3) is 0 Å². The van der Waals surface area contributed by atoms with Gasteiger partial charge in [0.1, 0.15) is 0 Å². The number of rotatable bonds is 2. The number of carboxylic acids is 1. The molecule has 3 heteroatoms. The molecular formula is C14H19NO2. The highest BCUT2D eigenvalue weighted by molar-refractivity contribution is 5.89. The van der Waals surface area contributed by atoms with Crippen molar-refractivity contribution >= 4 is 5.97 Å². The van der Waals surface area contributed by atoms with E-state index in [-0.39, 0.29) is 0 Å². The Balaban J connectivity index is 2.32. The molecule has 1 aliphatic rings. The van der Waals surface area contributed by atoms with E-state index in [1.54, 1.807) is 0 Å². The fraction of sp³-hybridized carbons (Fsp3) is 0.500. The van der Waals surface area contributed by atoms with Crippen molar-refractivity contribution in [1.29, 1.82) is 0 Å². The van der Waals surface area contributed by atoms with Gasteiger partial charge in [-0.05, 0) is 55.5 Å². The molecule has 0 unspecified atom stereocenters. The summed E-state index contributed by atoms with van der Waals surface area (Å²) < 4.78 is 0. The highest BCUT2D eigenvalue weighted by Crippen LogP contribution is 2.31. The summed E-state index contributed by atoms with van der Waals surface area (Å²) in [5.74, 6) is 0.217. The zero-order valence-corrected chi connectivity index (χ0v) is 10.4. The number of aromatic carboxylic acids is 1. The average Bonchev–Trinajstić information content (AvgIpc) is 2.30. The SMILES string of the molecule is Cc1ccc([C@@H]2CCNC[C@H]2C)cc1C(=O)O. The Morgan fingerprint density at radius 2 is 2.24 bits per heavy atom. The zero-order valence-electron chi connectivity index (χ0n) is 10.4. The van der Waals surface area contributed by atoms with Gasteiger partial charge < -0.3 is 10.4 Å². The molecule has 0 saturated carbocycles. The molecule has 1 aromatic rings. The van der Waals surface area contributed by atoms with Crippen molar-refractivity contribution in [1.82, 2.24) is 5.32 Å². The summed E-state index contributed by atoms with van der Waals surface area (Å²) in [6.45, 7) is 6.10. The first-order valence-electron chi connectivity index (χ1n) is 6.14. The maximum absolute atomic E-state index is 11.1. The molecule has 2 atom stereocenters. The molecule has 0 bridgehead atoms. The van der Waals surface area contributed by atoms with Gasteiger partial charge in [-0.25, -0.2) is 4.79 Å². The Hall–Kier alpha value is -1.35. The number of aryl methyl sites for hydroxylation is 1. The molecule has 0 radical (unpaired) electrons. The highest BCUT2D eigenvalue weighted by atomic mass is 16.4. The Bertz CT molecular complexity index is 428. The lowest BCUT2D eigenvalue weighted by Crippen LogP contribution is -2.33. The van der Waals surface area contributed by atoms with Crippen molar-refractivity contribution in [2.45, 2.75) is 26.2 Å². The molecule has 3 nitrogen and oxygen atoms in total. The Labute approximate surface area is 102 Å². The Morgan fingerprint density at radius 1 is 1.47 bits per heavy atom. The van der Waals surface area contributed by atoms with Gasteiger partial charge in [0.05, 0.1) is 5.56 Å². The topological polar surface area (TPSA) is 49.3 Å². The van der Waals surface area contributed by atoms with Crippen LogP contribution in [0.2, 0.25) is 0 Å². The van der Waals surface area contributed by atoms with Gasteiger partial charge >= 0.3 is 5.97 Å². The van der Waals surface area contributed by atoms with Crippen molar-refractivity contribution in [2.24, 2.45) is 5.92 Å². The number of nitrogens with one attached hydrogen (secondary N) is 1. The summed E-state index contributed by atoms with van der Waals surface area (Å²) >= 11 is 0. The largest absolute Gasteiger partial charge is 0.478 e. The lowest BCUT2D eigenvalue weighted by Gasteiger charge is -2.30. The van der Waals surface area contributed by atoms with E-state index >= 15 is 0 Å². The van der Waals surface area contributed by atoms with Crippen LogP contribution in [-0.4, -0.2) is 24.2 Å². The third kappa shape index (κ3) is 2.50. The normalized spacial score (nSPS) is 24.6. The Morgan fingerprint density at radius 3 is 2.88 bits per heavy atom.